The molecule has 0 saturated carbocycles. The first-order valence-corrected chi connectivity index (χ1v) is 8.69. The highest BCUT2D eigenvalue weighted by atomic mass is 35.5. The number of anilines is 1. The number of benzene rings is 2. The van der Waals surface area contributed by atoms with E-state index in [2.05, 4.69) is 5.32 Å². The standard InChI is InChI=1S/C15H9Cl6NO2/c1-6-4-7(16)2-3-8(6)22-9(23)5-24-15-13(20)11(18)10(17)12(19)14(15)21/h2-4H,5H2,1H3,(H,22,23). The van der Waals surface area contributed by atoms with Crippen LogP contribution in [-0.2, 0) is 4.79 Å². The Bertz CT molecular complexity index is 780. The topological polar surface area (TPSA) is 38.3 Å². The van der Waals surface area contributed by atoms with Gasteiger partial charge in [-0.25, -0.2) is 0 Å². The Hall–Kier alpha value is -0.550. The molecule has 0 atom stereocenters. The second kappa shape index (κ2) is 8.22. The van der Waals surface area contributed by atoms with Gasteiger partial charge in [0, 0.05) is 10.7 Å². The van der Waals surface area contributed by atoms with Gasteiger partial charge in [0.05, 0.1) is 15.1 Å². The molecular weight excluding hydrogens is 439 g/mol. The van der Waals surface area contributed by atoms with Crippen LogP contribution in [-0.4, -0.2) is 12.5 Å². The number of ether oxygens (including phenoxy) is 1. The lowest BCUT2D eigenvalue weighted by Crippen LogP contribution is -2.21. The van der Waals surface area contributed by atoms with Crippen LogP contribution in [0.2, 0.25) is 30.1 Å². The van der Waals surface area contributed by atoms with Crippen molar-refractivity contribution in [1.82, 2.24) is 0 Å². The molecule has 1 N–H and O–H groups in total. The van der Waals surface area contributed by atoms with Crippen molar-refractivity contribution in [3.8, 4) is 5.75 Å². The maximum Gasteiger partial charge on any atom is 0.262 e. The Morgan fingerprint density at radius 1 is 0.958 bits per heavy atom. The lowest BCUT2D eigenvalue weighted by molar-refractivity contribution is -0.118. The number of halogens is 6. The van der Waals surface area contributed by atoms with Gasteiger partial charge in [-0.2, -0.15) is 0 Å². The van der Waals surface area contributed by atoms with Crippen LogP contribution in [0.1, 0.15) is 5.56 Å². The highest BCUT2D eigenvalue weighted by Gasteiger charge is 2.21. The zero-order valence-electron chi connectivity index (χ0n) is 12.0. The van der Waals surface area contributed by atoms with Crippen molar-refractivity contribution < 1.29 is 9.53 Å². The predicted octanol–water partition coefficient (Wildman–Crippen LogP) is 6.93. The summed E-state index contributed by atoms with van der Waals surface area (Å²) in [5.41, 5.74) is 1.42. The van der Waals surface area contributed by atoms with Crippen molar-refractivity contribution in [2.24, 2.45) is 0 Å². The van der Waals surface area contributed by atoms with Crippen LogP contribution < -0.4 is 10.1 Å². The normalized spacial score (nSPS) is 10.6. The van der Waals surface area contributed by atoms with Crippen molar-refractivity contribution in [2.45, 2.75) is 6.92 Å². The maximum atomic E-state index is 12.0. The van der Waals surface area contributed by atoms with Crippen molar-refractivity contribution in [2.75, 3.05) is 11.9 Å². The van der Waals surface area contributed by atoms with E-state index in [9.17, 15) is 4.79 Å². The summed E-state index contributed by atoms with van der Waals surface area (Å²) in [5.74, 6) is -0.435. The molecule has 0 heterocycles. The number of rotatable bonds is 4. The molecule has 2 aromatic rings. The SMILES string of the molecule is Cc1cc(Cl)ccc1NC(=O)COc1c(Cl)c(Cl)c(Cl)c(Cl)c1Cl. The van der Waals surface area contributed by atoms with Crippen molar-refractivity contribution in [3.63, 3.8) is 0 Å². The third kappa shape index (κ3) is 4.34. The molecule has 2 aromatic carbocycles. The number of hydrogen-bond donors (Lipinski definition) is 1. The van der Waals surface area contributed by atoms with Crippen LogP contribution in [0, 0.1) is 6.92 Å². The summed E-state index contributed by atoms with van der Waals surface area (Å²) in [6.07, 6.45) is 0. The average molecular weight is 448 g/mol. The zero-order valence-corrected chi connectivity index (χ0v) is 16.6. The maximum absolute atomic E-state index is 12.0. The average Bonchev–Trinajstić information content (AvgIpc) is 2.53. The molecule has 0 spiro atoms. The quantitative estimate of drug-likeness (QED) is 0.407. The van der Waals surface area contributed by atoms with Crippen LogP contribution in [0.25, 0.3) is 0 Å². The molecule has 0 bridgehead atoms. The summed E-state index contributed by atoms with van der Waals surface area (Å²) >= 11 is 35.7. The van der Waals surface area contributed by atoms with Crippen LogP contribution >= 0.6 is 69.6 Å². The Morgan fingerprint density at radius 2 is 1.50 bits per heavy atom. The van der Waals surface area contributed by atoms with E-state index in [1.807, 2.05) is 6.92 Å². The van der Waals surface area contributed by atoms with Crippen molar-refractivity contribution in [3.05, 3.63) is 53.9 Å². The van der Waals surface area contributed by atoms with Gasteiger partial charge in [-0.1, -0.05) is 69.6 Å². The van der Waals surface area contributed by atoms with Gasteiger partial charge in [0.2, 0.25) is 0 Å². The molecule has 24 heavy (non-hydrogen) atoms. The lowest BCUT2D eigenvalue weighted by atomic mass is 10.2. The number of amides is 1. The smallest absolute Gasteiger partial charge is 0.262 e. The van der Waals surface area contributed by atoms with Gasteiger partial charge >= 0.3 is 0 Å². The number of hydrogen-bond acceptors (Lipinski definition) is 2. The Morgan fingerprint density at radius 3 is 2.04 bits per heavy atom. The molecule has 1 amide bonds. The molecule has 0 aromatic heterocycles. The van der Waals surface area contributed by atoms with Crippen LogP contribution in [0.15, 0.2) is 18.2 Å². The minimum absolute atomic E-state index is 0.00307. The van der Waals surface area contributed by atoms with E-state index in [-0.39, 0.29) is 37.5 Å². The van der Waals surface area contributed by atoms with E-state index in [0.29, 0.717) is 10.7 Å². The lowest BCUT2D eigenvalue weighted by Gasteiger charge is -2.14. The van der Waals surface area contributed by atoms with Crippen LogP contribution in [0.5, 0.6) is 5.75 Å². The van der Waals surface area contributed by atoms with E-state index in [4.69, 9.17) is 74.3 Å². The summed E-state index contributed by atoms with van der Waals surface area (Å²) in [5, 5.41) is 3.23. The molecule has 3 nitrogen and oxygen atoms in total. The third-order valence-corrected chi connectivity index (χ3v) is 5.46. The van der Waals surface area contributed by atoms with E-state index in [1.165, 1.54) is 0 Å². The third-order valence-electron chi connectivity index (χ3n) is 2.98. The highest BCUT2D eigenvalue weighted by molar-refractivity contribution is 6.55. The van der Waals surface area contributed by atoms with Crippen LogP contribution in [0.4, 0.5) is 5.69 Å². The van der Waals surface area contributed by atoms with Gasteiger partial charge in [0.1, 0.15) is 10.0 Å². The molecule has 0 aliphatic carbocycles. The number of nitrogens with one attached hydrogen (secondary N) is 1. The van der Waals surface area contributed by atoms with Gasteiger partial charge in [0.15, 0.2) is 12.4 Å². The monoisotopic (exact) mass is 445 g/mol. The molecule has 9 heteroatoms. The summed E-state index contributed by atoms with van der Waals surface area (Å²) in [6, 6.07) is 5.08. The first-order valence-electron chi connectivity index (χ1n) is 6.42. The molecule has 0 fully saturated rings. The number of aryl methyl sites for hydroxylation is 1. The fourth-order valence-corrected chi connectivity index (χ4v) is 3.26. The fraction of sp³-hybridized carbons (Fsp3) is 0.133. The first kappa shape index (κ1) is 19.8. The second-order valence-electron chi connectivity index (χ2n) is 4.70. The summed E-state index contributed by atoms with van der Waals surface area (Å²) in [7, 11) is 0. The first-order chi connectivity index (χ1) is 11.2. The molecule has 2 rings (SSSR count). The molecule has 0 aliphatic heterocycles. The fourth-order valence-electron chi connectivity index (χ4n) is 1.80. The molecule has 0 radical (unpaired) electrons. The minimum Gasteiger partial charge on any atom is -0.481 e. The molecule has 128 valence electrons. The van der Waals surface area contributed by atoms with Crippen molar-refractivity contribution in [1.29, 1.82) is 0 Å². The van der Waals surface area contributed by atoms with Gasteiger partial charge in [-0.15, -0.1) is 0 Å². The van der Waals surface area contributed by atoms with E-state index < -0.39 is 5.91 Å². The Labute approximate surface area is 168 Å². The summed E-state index contributed by atoms with van der Waals surface area (Å²) < 4.78 is 5.35. The van der Waals surface area contributed by atoms with E-state index >= 15 is 0 Å². The largest absolute Gasteiger partial charge is 0.481 e. The molecule has 0 saturated heterocycles. The van der Waals surface area contributed by atoms with Gasteiger partial charge < -0.3 is 10.1 Å². The summed E-state index contributed by atoms with van der Waals surface area (Å²) in [6.45, 7) is 1.46. The molecular formula is C15H9Cl6NO2. The number of carbonyl (C=O) groups excluding carboxylic acids is 1. The second-order valence-corrected chi connectivity index (χ2v) is 7.02. The van der Waals surface area contributed by atoms with Gasteiger partial charge in [0.25, 0.3) is 5.91 Å². The van der Waals surface area contributed by atoms with Gasteiger partial charge in [-0.3, -0.25) is 4.79 Å². The molecule has 0 aliphatic rings. The number of carbonyl (C=O) groups is 1. The summed E-state index contributed by atoms with van der Waals surface area (Å²) in [4.78, 5) is 12.0. The zero-order chi connectivity index (χ0) is 18.0. The Kier molecular flexibility index (Phi) is 6.77. The molecule has 0 unspecified atom stereocenters. The van der Waals surface area contributed by atoms with Crippen molar-refractivity contribution >= 4 is 81.2 Å². The highest BCUT2D eigenvalue weighted by Crippen LogP contribution is 2.48. The minimum atomic E-state index is -0.422. The van der Waals surface area contributed by atoms with E-state index in [0.717, 1.165) is 5.56 Å². The van der Waals surface area contributed by atoms with Gasteiger partial charge in [-0.05, 0) is 30.7 Å². The van der Waals surface area contributed by atoms with Crippen LogP contribution in [0.3, 0.4) is 0 Å². The Balaban J connectivity index is 2.12. The van der Waals surface area contributed by atoms with E-state index in [1.54, 1.807) is 18.2 Å². The predicted molar refractivity (Wildman–Crippen MR) is 102 cm³/mol.